The third-order valence-electron chi connectivity index (χ3n) is 8.23. The lowest BCUT2D eigenvalue weighted by atomic mass is 9.99. The maximum Gasteiger partial charge on any atom is 0.0964 e. The zero-order valence-electron chi connectivity index (χ0n) is 20.1. The maximum absolute atomic E-state index is 6.74. The van der Waals surface area contributed by atoms with Crippen molar-refractivity contribution in [1.82, 2.24) is 5.32 Å². The SMILES string of the molecule is CC(C)(C)[Si](C)(C)C1(c2ccc(N3CCN[C@H](c4ccccc4)C3)cc2)CCCCO1. The molecule has 1 unspecified atom stereocenters. The second-order valence-electron chi connectivity index (χ2n) is 10.9. The number of hydrogen-bond acceptors (Lipinski definition) is 3. The van der Waals surface area contributed by atoms with Gasteiger partial charge in [0.1, 0.15) is 0 Å². The first-order valence-electron chi connectivity index (χ1n) is 12.0. The molecule has 2 aromatic rings. The van der Waals surface area contributed by atoms with Gasteiger partial charge in [-0.15, -0.1) is 0 Å². The molecule has 0 radical (unpaired) electrons. The molecule has 2 aromatic carbocycles. The Labute approximate surface area is 190 Å². The van der Waals surface area contributed by atoms with Crippen LogP contribution in [0, 0.1) is 0 Å². The Morgan fingerprint density at radius 1 is 1.00 bits per heavy atom. The summed E-state index contributed by atoms with van der Waals surface area (Å²) in [6.07, 6.45) is 3.62. The van der Waals surface area contributed by atoms with E-state index >= 15 is 0 Å². The van der Waals surface area contributed by atoms with Crippen molar-refractivity contribution in [1.29, 1.82) is 0 Å². The second kappa shape index (κ2) is 8.72. The molecule has 2 fully saturated rings. The number of benzene rings is 2. The first-order valence-corrected chi connectivity index (χ1v) is 15.0. The van der Waals surface area contributed by atoms with Crippen molar-refractivity contribution in [2.45, 2.75) is 69.4 Å². The first kappa shape index (κ1) is 22.6. The van der Waals surface area contributed by atoms with Crippen LogP contribution in [0.15, 0.2) is 54.6 Å². The highest BCUT2D eigenvalue weighted by atomic mass is 28.3. The van der Waals surface area contributed by atoms with Crippen LogP contribution in [0.2, 0.25) is 18.1 Å². The summed E-state index contributed by atoms with van der Waals surface area (Å²) < 4.78 is 6.74. The lowest BCUT2D eigenvalue weighted by Crippen LogP contribution is -2.60. The Morgan fingerprint density at radius 3 is 2.32 bits per heavy atom. The van der Waals surface area contributed by atoms with E-state index in [1.807, 2.05) is 0 Å². The number of ether oxygens (including phenoxy) is 1. The lowest BCUT2D eigenvalue weighted by molar-refractivity contribution is -0.0326. The predicted molar refractivity (Wildman–Crippen MR) is 135 cm³/mol. The van der Waals surface area contributed by atoms with Gasteiger partial charge in [0, 0.05) is 38.0 Å². The molecule has 0 amide bonds. The summed E-state index contributed by atoms with van der Waals surface area (Å²) in [4.78, 5) is 2.53. The number of nitrogens with one attached hydrogen (secondary N) is 1. The highest BCUT2D eigenvalue weighted by Crippen LogP contribution is 2.53. The van der Waals surface area contributed by atoms with Crippen molar-refractivity contribution in [3.63, 3.8) is 0 Å². The van der Waals surface area contributed by atoms with Crippen LogP contribution in [0.1, 0.15) is 57.2 Å². The van der Waals surface area contributed by atoms with Crippen LogP contribution in [0.5, 0.6) is 0 Å². The summed E-state index contributed by atoms with van der Waals surface area (Å²) in [6.45, 7) is 16.3. The van der Waals surface area contributed by atoms with Crippen LogP contribution in [0.4, 0.5) is 5.69 Å². The smallest absolute Gasteiger partial charge is 0.0964 e. The van der Waals surface area contributed by atoms with Crippen LogP contribution in [-0.2, 0) is 9.96 Å². The Hall–Kier alpha value is -1.62. The summed E-state index contributed by atoms with van der Waals surface area (Å²) in [5.74, 6) is 0. The van der Waals surface area contributed by atoms with Crippen LogP contribution in [-0.4, -0.2) is 34.3 Å². The standard InChI is InChI=1S/C27H40N2OSi/c1-26(2,3)31(4,5)27(17-9-10-20-30-27)23-13-15-24(16-14-23)29-19-18-28-25(21-29)22-11-7-6-8-12-22/h6-8,11-16,25,28H,9-10,17-21H2,1-5H3/t25-,27?/m0/s1. The molecule has 168 valence electrons. The molecule has 1 N–H and O–H groups in total. The summed E-state index contributed by atoms with van der Waals surface area (Å²) in [6, 6.07) is 20.6. The van der Waals surface area contributed by atoms with Gasteiger partial charge in [-0.1, -0.05) is 76.3 Å². The topological polar surface area (TPSA) is 24.5 Å². The number of rotatable bonds is 4. The number of anilines is 1. The van der Waals surface area contributed by atoms with Gasteiger partial charge in [-0.05, 0) is 47.6 Å². The predicted octanol–water partition coefficient (Wildman–Crippen LogP) is 6.28. The van der Waals surface area contributed by atoms with Crippen molar-refractivity contribution in [2.75, 3.05) is 31.1 Å². The van der Waals surface area contributed by atoms with Gasteiger partial charge in [-0.3, -0.25) is 0 Å². The van der Waals surface area contributed by atoms with E-state index in [4.69, 9.17) is 4.74 Å². The van der Waals surface area contributed by atoms with E-state index in [1.165, 1.54) is 29.7 Å². The minimum absolute atomic E-state index is 0.0853. The minimum Gasteiger partial charge on any atom is -0.374 e. The number of hydrogen-bond donors (Lipinski definition) is 1. The van der Waals surface area contributed by atoms with Gasteiger partial charge >= 0.3 is 0 Å². The molecule has 0 bridgehead atoms. The van der Waals surface area contributed by atoms with Crippen LogP contribution >= 0.6 is 0 Å². The molecular weight excluding hydrogens is 396 g/mol. The van der Waals surface area contributed by atoms with E-state index in [1.54, 1.807) is 0 Å². The zero-order valence-corrected chi connectivity index (χ0v) is 21.1. The molecule has 31 heavy (non-hydrogen) atoms. The Morgan fingerprint density at radius 2 is 1.71 bits per heavy atom. The van der Waals surface area contributed by atoms with Crippen molar-refractivity contribution >= 4 is 13.8 Å². The second-order valence-corrected chi connectivity index (χ2v) is 16.5. The summed E-state index contributed by atoms with van der Waals surface area (Å²) >= 11 is 0. The molecule has 4 rings (SSSR count). The van der Waals surface area contributed by atoms with Crippen molar-refractivity contribution < 1.29 is 4.74 Å². The van der Waals surface area contributed by atoms with Crippen molar-refractivity contribution in [3.8, 4) is 0 Å². The molecule has 0 saturated carbocycles. The average molecular weight is 437 g/mol. The van der Waals surface area contributed by atoms with E-state index in [-0.39, 0.29) is 10.3 Å². The van der Waals surface area contributed by atoms with Gasteiger partial charge in [0.25, 0.3) is 0 Å². The molecule has 0 aliphatic carbocycles. The highest BCUT2D eigenvalue weighted by molar-refractivity contribution is 6.82. The third kappa shape index (κ3) is 4.22. The van der Waals surface area contributed by atoms with Gasteiger partial charge in [0.15, 0.2) is 0 Å². The molecule has 2 atom stereocenters. The van der Waals surface area contributed by atoms with E-state index < -0.39 is 8.07 Å². The Balaban J connectivity index is 1.59. The van der Waals surface area contributed by atoms with Gasteiger partial charge in [-0.25, -0.2) is 0 Å². The van der Waals surface area contributed by atoms with Gasteiger partial charge in [0.05, 0.1) is 13.3 Å². The fraction of sp³-hybridized carbons (Fsp3) is 0.556. The first-order chi connectivity index (χ1) is 14.7. The summed E-state index contributed by atoms with van der Waals surface area (Å²) in [5.41, 5.74) is 4.10. The molecule has 2 heterocycles. The quantitative estimate of drug-likeness (QED) is 0.571. The Bertz CT molecular complexity index is 851. The summed E-state index contributed by atoms with van der Waals surface area (Å²) in [7, 11) is -1.75. The van der Waals surface area contributed by atoms with E-state index in [2.05, 4.69) is 98.7 Å². The highest BCUT2D eigenvalue weighted by Gasteiger charge is 2.55. The largest absolute Gasteiger partial charge is 0.374 e. The summed E-state index contributed by atoms with van der Waals surface area (Å²) in [5, 5.41) is 3.88. The van der Waals surface area contributed by atoms with Crippen LogP contribution in [0.3, 0.4) is 0 Å². The van der Waals surface area contributed by atoms with Crippen molar-refractivity contribution in [2.24, 2.45) is 0 Å². The van der Waals surface area contributed by atoms with Gasteiger partial charge in [-0.2, -0.15) is 0 Å². The normalized spacial score (nSPS) is 25.5. The van der Waals surface area contributed by atoms with E-state index in [9.17, 15) is 0 Å². The average Bonchev–Trinajstić information content (AvgIpc) is 2.79. The van der Waals surface area contributed by atoms with Gasteiger partial charge in [0.2, 0.25) is 0 Å². The number of nitrogens with zero attached hydrogens (tertiary/aromatic N) is 1. The minimum atomic E-state index is -1.75. The molecule has 2 aliphatic heterocycles. The lowest BCUT2D eigenvalue weighted by Gasteiger charge is -2.54. The Kier molecular flexibility index (Phi) is 6.35. The maximum atomic E-state index is 6.74. The van der Waals surface area contributed by atoms with Crippen molar-refractivity contribution in [3.05, 3.63) is 65.7 Å². The number of piperazine rings is 1. The fourth-order valence-corrected chi connectivity index (χ4v) is 8.68. The molecule has 2 saturated heterocycles. The molecular formula is C27H40N2OSi. The molecule has 4 heteroatoms. The molecule has 0 aromatic heterocycles. The fourth-order valence-electron chi connectivity index (χ4n) is 5.32. The zero-order chi connectivity index (χ0) is 22.1. The monoisotopic (exact) mass is 436 g/mol. The van der Waals surface area contributed by atoms with Crippen LogP contribution in [0.25, 0.3) is 0 Å². The van der Waals surface area contributed by atoms with Gasteiger partial charge < -0.3 is 15.0 Å². The van der Waals surface area contributed by atoms with Crippen LogP contribution < -0.4 is 10.2 Å². The van der Waals surface area contributed by atoms with E-state index in [0.29, 0.717) is 6.04 Å². The third-order valence-corrected chi connectivity index (χ3v) is 14.7. The van der Waals surface area contributed by atoms with E-state index in [0.717, 1.165) is 32.7 Å². The molecule has 2 aliphatic rings. The molecule has 0 spiro atoms. The molecule has 3 nitrogen and oxygen atoms in total.